The molecule has 0 aliphatic heterocycles. The predicted octanol–water partition coefficient (Wildman–Crippen LogP) is 3.86. The minimum absolute atomic E-state index is 0.355. The van der Waals surface area contributed by atoms with Crippen LogP contribution < -0.4 is 10.2 Å². The number of halogens is 1. The van der Waals surface area contributed by atoms with Crippen LogP contribution in [0.5, 0.6) is 0 Å². The highest BCUT2D eigenvalue weighted by atomic mass is 35.5. The van der Waals surface area contributed by atoms with Crippen LogP contribution in [0.25, 0.3) is 0 Å². The molecule has 1 atom stereocenters. The van der Waals surface area contributed by atoms with Gasteiger partial charge in [-0.05, 0) is 44.5 Å². The summed E-state index contributed by atoms with van der Waals surface area (Å²) in [4.78, 5) is 2.15. The molecule has 1 rings (SSSR count). The molecule has 17 heavy (non-hydrogen) atoms. The molecule has 0 aromatic heterocycles. The lowest BCUT2D eigenvalue weighted by Gasteiger charge is -2.20. The van der Waals surface area contributed by atoms with Gasteiger partial charge in [-0.15, -0.1) is 0 Å². The Labute approximate surface area is 110 Å². The van der Waals surface area contributed by atoms with Crippen molar-refractivity contribution in [2.45, 2.75) is 33.2 Å². The lowest BCUT2D eigenvalue weighted by Crippen LogP contribution is -2.20. The summed E-state index contributed by atoms with van der Waals surface area (Å²) in [5, 5.41) is 4.30. The zero-order valence-corrected chi connectivity index (χ0v) is 12.0. The summed E-state index contributed by atoms with van der Waals surface area (Å²) >= 11 is 6.31. The third kappa shape index (κ3) is 3.90. The Morgan fingerprint density at radius 1 is 1.35 bits per heavy atom. The van der Waals surface area contributed by atoms with Gasteiger partial charge >= 0.3 is 0 Å². The van der Waals surface area contributed by atoms with Crippen LogP contribution in [0.15, 0.2) is 18.2 Å². The van der Waals surface area contributed by atoms with Crippen LogP contribution in [-0.2, 0) is 0 Å². The van der Waals surface area contributed by atoms with E-state index in [9.17, 15) is 0 Å². The molecule has 0 fully saturated rings. The Hall–Kier alpha value is -0.730. The minimum Gasteiger partial charge on any atom is -0.374 e. The van der Waals surface area contributed by atoms with E-state index in [1.54, 1.807) is 0 Å². The maximum atomic E-state index is 6.31. The van der Waals surface area contributed by atoms with Crippen LogP contribution >= 0.6 is 11.6 Å². The fourth-order valence-corrected chi connectivity index (χ4v) is 2.08. The Morgan fingerprint density at radius 3 is 2.59 bits per heavy atom. The van der Waals surface area contributed by atoms with Gasteiger partial charge in [0.05, 0.1) is 10.7 Å². The van der Waals surface area contributed by atoms with Crippen molar-refractivity contribution in [3.8, 4) is 0 Å². The lowest BCUT2D eigenvalue weighted by molar-refractivity contribution is 0.571. The topological polar surface area (TPSA) is 15.3 Å². The van der Waals surface area contributed by atoms with Gasteiger partial charge in [0.2, 0.25) is 0 Å². The van der Waals surface area contributed by atoms with Crippen LogP contribution in [0.3, 0.4) is 0 Å². The molecule has 0 heterocycles. The molecule has 1 N–H and O–H groups in total. The molecule has 0 spiro atoms. The highest BCUT2D eigenvalue weighted by Crippen LogP contribution is 2.28. The van der Waals surface area contributed by atoms with Crippen LogP contribution in [0.1, 0.15) is 38.8 Å². The fraction of sp³-hybridized carbons (Fsp3) is 0.571. The average molecular weight is 255 g/mol. The summed E-state index contributed by atoms with van der Waals surface area (Å²) in [6.45, 7) is 8.46. The minimum atomic E-state index is 0.355. The molecule has 1 unspecified atom stereocenters. The first-order chi connectivity index (χ1) is 8.10. The number of hydrogen-bond acceptors (Lipinski definition) is 2. The first-order valence-corrected chi connectivity index (χ1v) is 6.71. The van der Waals surface area contributed by atoms with Crippen molar-refractivity contribution in [2.24, 2.45) is 0 Å². The molecule has 3 heteroatoms. The van der Waals surface area contributed by atoms with E-state index in [-0.39, 0.29) is 0 Å². The van der Waals surface area contributed by atoms with E-state index in [4.69, 9.17) is 11.6 Å². The normalized spacial score (nSPS) is 12.5. The van der Waals surface area contributed by atoms with Crippen molar-refractivity contribution in [3.05, 3.63) is 28.8 Å². The van der Waals surface area contributed by atoms with E-state index < -0.39 is 0 Å². The predicted molar refractivity (Wildman–Crippen MR) is 77.1 cm³/mol. The number of hydrogen-bond donors (Lipinski definition) is 1. The molecule has 0 radical (unpaired) electrons. The SMILES string of the molecule is CCCNC(C)c1ccc(N(C)CC)c(Cl)c1. The van der Waals surface area contributed by atoms with Gasteiger partial charge in [-0.25, -0.2) is 0 Å². The van der Waals surface area contributed by atoms with Gasteiger partial charge in [-0.1, -0.05) is 24.6 Å². The summed E-state index contributed by atoms with van der Waals surface area (Å²) in [5.74, 6) is 0. The second-order valence-corrected chi connectivity index (χ2v) is 4.81. The highest BCUT2D eigenvalue weighted by Gasteiger charge is 2.09. The Morgan fingerprint density at radius 2 is 2.06 bits per heavy atom. The summed E-state index contributed by atoms with van der Waals surface area (Å²) < 4.78 is 0. The molecule has 1 aromatic rings. The summed E-state index contributed by atoms with van der Waals surface area (Å²) in [7, 11) is 2.06. The molecular formula is C14H23ClN2. The fourth-order valence-electron chi connectivity index (χ4n) is 1.75. The van der Waals surface area contributed by atoms with Gasteiger partial charge in [-0.2, -0.15) is 0 Å². The standard InChI is InChI=1S/C14H23ClN2/c1-5-9-16-11(3)12-7-8-14(13(15)10-12)17(4)6-2/h7-8,10-11,16H,5-6,9H2,1-4H3. The summed E-state index contributed by atoms with van der Waals surface area (Å²) in [5.41, 5.74) is 2.34. The molecule has 1 aromatic carbocycles. The molecule has 0 aliphatic carbocycles. The molecule has 0 aliphatic rings. The van der Waals surface area contributed by atoms with Gasteiger partial charge < -0.3 is 10.2 Å². The van der Waals surface area contributed by atoms with Crippen molar-refractivity contribution >= 4 is 17.3 Å². The van der Waals surface area contributed by atoms with Gasteiger partial charge in [0.25, 0.3) is 0 Å². The van der Waals surface area contributed by atoms with E-state index in [1.165, 1.54) is 5.56 Å². The summed E-state index contributed by atoms with van der Waals surface area (Å²) in [6.07, 6.45) is 1.15. The number of rotatable bonds is 6. The Kier molecular flexibility index (Phi) is 5.79. The van der Waals surface area contributed by atoms with Crippen LogP contribution in [-0.4, -0.2) is 20.1 Å². The maximum Gasteiger partial charge on any atom is 0.0642 e. The van der Waals surface area contributed by atoms with Gasteiger partial charge in [0.1, 0.15) is 0 Å². The van der Waals surface area contributed by atoms with Crippen molar-refractivity contribution in [3.63, 3.8) is 0 Å². The number of nitrogens with zero attached hydrogens (tertiary/aromatic N) is 1. The zero-order valence-electron chi connectivity index (χ0n) is 11.3. The number of benzene rings is 1. The monoisotopic (exact) mass is 254 g/mol. The quantitative estimate of drug-likeness (QED) is 0.830. The van der Waals surface area contributed by atoms with Crippen LogP contribution in [0.2, 0.25) is 5.02 Å². The second kappa shape index (κ2) is 6.87. The number of anilines is 1. The van der Waals surface area contributed by atoms with Crippen molar-refractivity contribution in [1.29, 1.82) is 0 Å². The van der Waals surface area contributed by atoms with Crippen molar-refractivity contribution in [1.82, 2.24) is 5.32 Å². The van der Waals surface area contributed by atoms with E-state index >= 15 is 0 Å². The van der Waals surface area contributed by atoms with E-state index in [0.29, 0.717) is 6.04 Å². The highest BCUT2D eigenvalue weighted by molar-refractivity contribution is 6.33. The molecule has 0 saturated carbocycles. The Bertz CT molecular complexity index is 352. The largest absolute Gasteiger partial charge is 0.374 e. The molecule has 0 bridgehead atoms. The summed E-state index contributed by atoms with van der Waals surface area (Å²) in [6, 6.07) is 6.68. The maximum absolute atomic E-state index is 6.31. The van der Waals surface area contributed by atoms with Crippen LogP contribution in [0, 0.1) is 0 Å². The van der Waals surface area contributed by atoms with Crippen LogP contribution in [0.4, 0.5) is 5.69 Å². The average Bonchev–Trinajstić information content (AvgIpc) is 2.34. The lowest BCUT2D eigenvalue weighted by atomic mass is 10.1. The van der Waals surface area contributed by atoms with Gasteiger partial charge in [0.15, 0.2) is 0 Å². The third-order valence-corrected chi connectivity index (χ3v) is 3.36. The zero-order chi connectivity index (χ0) is 12.8. The molecular weight excluding hydrogens is 232 g/mol. The third-order valence-electron chi connectivity index (χ3n) is 3.06. The molecule has 0 saturated heterocycles. The molecule has 0 amide bonds. The van der Waals surface area contributed by atoms with Gasteiger partial charge in [-0.3, -0.25) is 0 Å². The van der Waals surface area contributed by atoms with Crippen molar-refractivity contribution in [2.75, 3.05) is 25.0 Å². The number of nitrogens with one attached hydrogen (secondary N) is 1. The van der Waals surface area contributed by atoms with E-state index in [2.05, 4.69) is 56.2 Å². The first-order valence-electron chi connectivity index (χ1n) is 6.34. The Balaban J connectivity index is 2.81. The second-order valence-electron chi connectivity index (χ2n) is 4.40. The van der Waals surface area contributed by atoms with E-state index in [1.807, 2.05) is 0 Å². The van der Waals surface area contributed by atoms with Crippen molar-refractivity contribution < 1.29 is 0 Å². The first kappa shape index (κ1) is 14.3. The smallest absolute Gasteiger partial charge is 0.0642 e. The molecule has 2 nitrogen and oxygen atoms in total. The van der Waals surface area contributed by atoms with Gasteiger partial charge in [0, 0.05) is 19.6 Å². The molecule has 96 valence electrons. The van der Waals surface area contributed by atoms with E-state index in [0.717, 1.165) is 30.2 Å².